The van der Waals surface area contributed by atoms with Crippen LogP contribution in [0.3, 0.4) is 0 Å². The number of carbonyl (C=O) groups is 1. The molecule has 0 unspecified atom stereocenters. The van der Waals surface area contributed by atoms with Gasteiger partial charge in [0.2, 0.25) is 0 Å². The molecule has 0 saturated carbocycles. The van der Waals surface area contributed by atoms with Crippen molar-refractivity contribution in [3.05, 3.63) is 102 Å². The van der Waals surface area contributed by atoms with Gasteiger partial charge in [0.1, 0.15) is 11.2 Å². The summed E-state index contributed by atoms with van der Waals surface area (Å²) in [5.74, 6) is 0.564. The van der Waals surface area contributed by atoms with E-state index in [4.69, 9.17) is 9.57 Å². The van der Waals surface area contributed by atoms with Crippen LogP contribution in [0.25, 0.3) is 0 Å². The molecule has 3 rings (SSSR count). The zero-order valence-corrected chi connectivity index (χ0v) is 15.8. The molecule has 0 atom stereocenters. The summed E-state index contributed by atoms with van der Waals surface area (Å²) in [4.78, 5) is 19.0. The van der Waals surface area contributed by atoms with Crippen LogP contribution in [0.2, 0.25) is 0 Å². The minimum Gasteiger partial charge on any atom is -0.497 e. The predicted molar refractivity (Wildman–Crippen MR) is 106 cm³/mol. The Morgan fingerprint density at radius 3 is 1.59 bits per heavy atom. The number of nitrogens with zero attached hydrogens (tertiary/aromatic N) is 1. The number of amides is 1. The Labute approximate surface area is 159 Å². The van der Waals surface area contributed by atoms with Crippen LogP contribution < -0.4 is 4.74 Å². The lowest BCUT2D eigenvalue weighted by atomic mass is 9.68. The second-order valence-corrected chi connectivity index (χ2v) is 6.20. The van der Waals surface area contributed by atoms with Gasteiger partial charge in [0.15, 0.2) is 0 Å². The summed E-state index contributed by atoms with van der Waals surface area (Å²) in [5, 5.41) is 1.28. The zero-order chi connectivity index (χ0) is 19.3. The average Bonchev–Trinajstić information content (AvgIpc) is 2.75. The smallest absolute Gasteiger partial charge is 0.265 e. The Balaban J connectivity index is 2.36. The van der Waals surface area contributed by atoms with Gasteiger partial charge in [-0.3, -0.25) is 9.63 Å². The van der Waals surface area contributed by atoms with Crippen molar-refractivity contribution in [2.24, 2.45) is 0 Å². The first-order valence-corrected chi connectivity index (χ1v) is 8.72. The molecule has 27 heavy (non-hydrogen) atoms. The van der Waals surface area contributed by atoms with E-state index in [2.05, 4.69) is 0 Å². The minimum atomic E-state index is -1.04. The monoisotopic (exact) mass is 361 g/mol. The summed E-state index contributed by atoms with van der Waals surface area (Å²) in [6.07, 6.45) is 0. The molecule has 1 amide bonds. The van der Waals surface area contributed by atoms with Crippen LogP contribution in [0.4, 0.5) is 0 Å². The van der Waals surface area contributed by atoms with Crippen LogP contribution in [-0.4, -0.2) is 32.2 Å². The molecule has 0 spiro atoms. The summed E-state index contributed by atoms with van der Waals surface area (Å²) >= 11 is 0. The van der Waals surface area contributed by atoms with Crippen LogP contribution in [0.1, 0.15) is 16.7 Å². The fraction of sp³-hybridized carbons (Fsp3) is 0.174. The third-order valence-electron chi connectivity index (χ3n) is 4.82. The molecule has 138 valence electrons. The Hall–Kier alpha value is -3.11. The molecule has 0 aliphatic heterocycles. The summed E-state index contributed by atoms with van der Waals surface area (Å²) in [7, 11) is 4.75. The standard InChI is InChI=1S/C23H23NO3/c1-24(27-3)22(25)23(18-10-6-4-7-11-18,19-12-8-5-9-13-19)20-14-16-21(26-2)17-15-20/h4-17H,1-3H3. The lowest BCUT2D eigenvalue weighted by Gasteiger charge is -2.36. The molecule has 0 radical (unpaired) electrons. The van der Waals surface area contributed by atoms with Crippen molar-refractivity contribution < 1.29 is 14.4 Å². The molecule has 0 heterocycles. The van der Waals surface area contributed by atoms with E-state index in [1.807, 2.05) is 84.9 Å². The number of benzene rings is 3. The van der Waals surface area contributed by atoms with E-state index in [9.17, 15) is 4.79 Å². The van der Waals surface area contributed by atoms with Crippen molar-refractivity contribution in [1.29, 1.82) is 0 Å². The van der Waals surface area contributed by atoms with Crippen molar-refractivity contribution in [2.45, 2.75) is 5.41 Å². The first-order valence-electron chi connectivity index (χ1n) is 8.72. The Kier molecular flexibility index (Phi) is 5.57. The second kappa shape index (κ2) is 8.06. The van der Waals surface area contributed by atoms with Gasteiger partial charge in [-0.15, -0.1) is 0 Å². The molecule has 0 aromatic heterocycles. The molecule has 0 aliphatic rings. The van der Waals surface area contributed by atoms with Crippen molar-refractivity contribution in [3.63, 3.8) is 0 Å². The molecule has 3 aromatic carbocycles. The van der Waals surface area contributed by atoms with E-state index in [0.717, 1.165) is 22.4 Å². The average molecular weight is 361 g/mol. The maximum absolute atomic E-state index is 13.7. The van der Waals surface area contributed by atoms with Gasteiger partial charge in [-0.05, 0) is 28.8 Å². The molecule has 4 nitrogen and oxygen atoms in total. The van der Waals surface area contributed by atoms with Gasteiger partial charge in [-0.25, -0.2) is 5.06 Å². The molecule has 0 fully saturated rings. The number of rotatable bonds is 6. The number of carbonyl (C=O) groups excluding carboxylic acids is 1. The second-order valence-electron chi connectivity index (χ2n) is 6.20. The molecule has 4 heteroatoms. The van der Waals surface area contributed by atoms with E-state index in [-0.39, 0.29) is 5.91 Å². The topological polar surface area (TPSA) is 38.8 Å². The highest BCUT2D eigenvalue weighted by atomic mass is 16.7. The van der Waals surface area contributed by atoms with Gasteiger partial charge in [-0.2, -0.15) is 0 Å². The zero-order valence-electron chi connectivity index (χ0n) is 15.8. The molecule has 3 aromatic rings. The molecular formula is C23H23NO3. The Morgan fingerprint density at radius 1 is 0.741 bits per heavy atom. The number of hydrogen-bond donors (Lipinski definition) is 0. The van der Waals surface area contributed by atoms with Gasteiger partial charge in [0.25, 0.3) is 5.91 Å². The van der Waals surface area contributed by atoms with Gasteiger partial charge in [0.05, 0.1) is 14.2 Å². The van der Waals surface area contributed by atoms with Crippen LogP contribution >= 0.6 is 0 Å². The van der Waals surface area contributed by atoms with E-state index in [1.165, 1.54) is 12.2 Å². The maximum Gasteiger partial charge on any atom is 0.265 e. The third-order valence-corrected chi connectivity index (χ3v) is 4.82. The normalized spacial score (nSPS) is 11.1. The lowest BCUT2D eigenvalue weighted by Crippen LogP contribution is -2.46. The predicted octanol–water partition coefficient (Wildman–Crippen LogP) is 4.05. The van der Waals surface area contributed by atoms with Crippen molar-refractivity contribution in [1.82, 2.24) is 5.06 Å². The quantitative estimate of drug-likeness (QED) is 0.491. The van der Waals surface area contributed by atoms with Gasteiger partial charge >= 0.3 is 0 Å². The first-order chi connectivity index (χ1) is 13.1. The highest BCUT2D eigenvalue weighted by Gasteiger charge is 2.45. The molecule has 0 saturated heterocycles. The third kappa shape index (κ3) is 3.32. The number of hydroxylamine groups is 2. The fourth-order valence-corrected chi connectivity index (χ4v) is 3.41. The molecule has 0 N–H and O–H groups in total. The van der Waals surface area contributed by atoms with Crippen molar-refractivity contribution >= 4 is 5.91 Å². The molecule has 0 aliphatic carbocycles. The van der Waals surface area contributed by atoms with Crippen LogP contribution in [0.5, 0.6) is 5.75 Å². The summed E-state index contributed by atoms with van der Waals surface area (Å²) < 4.78 is 5.30. The van der Waals surface area contributed by atoms with Crippen LogP contribution in [0.15, 0.2) is 84.9 Å². The van der Waals surface area contributed by atoms with Crippen LogP contribution in [0, 0.1) is 0 Å². The van der Waals surface area contributed by atoms with Crippen molar-refractivity contribution in [2.75, 3.05) is 21.3 Å². The maximum atomic E-state index is 13.7. The first kappa shape index (κ1) is 18.7. The molecular weight excluding hydrogens is 338 g/mol. The van der Waals surface area contributed by atoms with Crippen LogP contribution in [-0.2, 0) is 15.0 Å². The van der Waals surface area contributed by atoms with Gasteiger partial charge in [0, 0.05) is 7.05 Å². The number of methoxy groups -OCH3 is 1. The molecule has 0 bridgehead atoms. The Bertz CT molecular complexity index is 837. The highest BCUT2D eigenvalue weighted by molar-refractivity contribution is 5.95. The number of ether oxygens (including phenoxy) is 1. The van der Waals surface area contributed by atoms with E-state index in [0.29, 0.717) is 0 Å². The number of hydrogen-bond acceptors (Lipinski definition) is 3. The van der Waals surface area contributed by atoms with E-state index < -0.39 is 5.41 Å². The van der Waals surface area contributed by atoms with E-state index >= 15 is 0 Å². The van der Waals surface area contributed by atoms with Gasteiger partial charge < -0.3 is 4.74 Å². The Morgan fingerprint density at radius 2 is 1.19 bits per heavy atom. The summed E-state index contributed by atoms with van der Waals surface area (Å²) in [6.45, 7) is 0. The highest BCUT2D eigenvalue weighted by Crippen LogP contribution is 2.41. The fourth-order valence-electron chi connectivity index (χ4n) is 3.41. The van der Waals surface area contributed by atoms with Crippen molar-refractivity contribution in [3.8, 4) is 5.75 Å². The SMILES string of the molecule is COc1ccc(C(C(=O)N(C)OC)(c2ccccc2)c2ccccc2)cc1. The largest absolute Gasteiger partial charge is 0.497 e. The summed E-state index contributed by atoms with van der Waals surface area (Å²) in [6, 6.07) is 27.1. The minimum absolute atomic E-state index is 0.174. The van der Waals surface area contributed by atoms with Gasteiger partial charge in [-0.1, -0.05) is 72.8 Å². The summed E-state index contributed by atoms with van der Waals surface area (Å²) in [5.41, 5.74) is 1.54. The van der Waals surface area contributed by atoms with E-state index in [1.54, 1.807) is 14.2 Å². The lowest BCUT2D eigenvalue weighted by molar-refractivity contribution is -0.172. The number of likely N-dealkylation sites (N-methyl/N-ethyl adjacent to an activating group) is 1.